The highest BCUT2D eigenvalue weighted by atomic mass is 35.5. The summed E-state index contributed by atoms with van der Waals surface area (Å²) in [7, 11) is 0. The zero-order chi connectivity index (χ0) is 20.5. The van der Waals surface area contributed by atoms with E-state index in [9.17, 15) is 15.5 Å². The second kappa shape index (κ2) is 8.32. The highest BCUT2D eigenvalue weighted by Crippen LogP contribution is 2.48. The maximum atomic E-state index is 11.9. The van der Waals surface area contributed by atoms with Crippen LogP contribution in [0.25, 0.3) is 0 Å². The number of anilines is 1. The van der Waals surface area contributed by atoms with Crippen LogP contribution in [0.15, 0.2) is 72.8 Å². The van der Waals surface area contributed by atoms with Gasteiger partial charge in [-0.2, -0.15) is 5.23 Å². The van der Waals surface area contributed by atoms with E-state index in [-0.39, 0.29) is 11.7 Å². The van der Waals surface area contributed by atoms with Gasteiger partial charge in [0.2, 0.25) is 0 Å². The average Bonchev–Trinajstić information content (AvgIpc) is 3.08. The maximum absolute atomic E-state index is 11.9. The molecule has 1 aliphatic rings. The van der Waals surface area contributed by atoms with E-state index in [2.05, 4.69) is 5.32 Å². The molecule has 4 N–H and O–H groups in total. The Hall–Kier alpha value is -2.12. The van der Waals surface area contributed by atoms with E-state index in [4.69, 9.17) is 23.2 Å². The first-order valence-electron chi connectivity index (χ1n) is 9.21. The molecule has 0 bridgehead atoms. The second-order valence-corrected chi connectivity index (χ2v) is 7.96. The van der Waals surface area contributed by atoms with E-state index in [1.165, 1.54) is 6.07 Å². The van der Waals surface area contributed by atoms with Crippen molar-refractivity contribution in [1.29, 1.82) is 0 Å². The summed E-state index contributed by atoms with van der Waals surface area (Å²) in [6, 6.07) is 21.6. The Balaban J connectivity index is 1.73. The molecule has 0 saturated carbocycles. The SMILES string of the molecule is [O-][NH+](O)c1cc2c(cc1[C@H](Cl)[C@H](Cl)c1ccccc1)[C@H](O)[C@@H](c1ccccc1)N2. The first kappa shape index (κ1) is 20.2. The molecule has 3 aromatic carbocycles. The summed E-state index contributed by atoms with van der Waals surface area (Å²) in [4.78, 5) is 0. The largest absolute Gasteiger partial charge is 0.595 e. The Kier molecular flexibility index (Phi) is 5.79. The second-order valence-electron chi connectivity index (χ2n) is 7.02. The highest BCUT2D eigenvalue weighted by Gasteiger charge is 2.35. The molecule has 7 heteroatoms. The number of rotatable bonds is 5. The molecule has 0 amide bonds. The molecule has 1 unspecified atom stereocenters. The molecule has 0 aromatic heterocycles. The molecule has 1 heterocycles. The monoisotopic (exact) mass is 430 g/mol. The van der Waals surface area contributed by atoms with E-state index >= 15 is 0 Å². The Morgan fingerprint density at radius 2 is 1.55 bits per heavy atom. The number of aliphatic hydroxyl groups excluding tert-OH is 1. The summed E-state index contributed by atoms with van der Waals surface area (Å²) in [5.74, 6) is 0. The highest BCUT2D eigenvalue weighted by molar-refractivity contribution is 6.30. The number of hydrogen-bond donors (Lipinski definition) is 4. The fourth-order valence-corrected chi connectivity index (χ4v) is 4.34. The Labute approximate surface area is 178 Å². The molecule has 1 aliphatic heterocycles. The lowest BCUT2D eigenvalue weighted by Gasteiger charge is -2.23. The summed E-state index contributed by atoms with van der Waals surface area (Å²) >= 11 is 13.2. The number of quaternary nitrogens is 1. The summed E-state index contributed by atoms with van der Waals surface area (Å²) in [6.07, 6.45) is -0.830. The molecule has 29 heavy (non-hydrogen) atoms. The van der Waals surface area contributed by atoms with Crippen LogP contribution in [-0.4, -0.2) is 10.3 Å². The van der Waals surface area contributed by atoms with Crippen LogP contribution in [0.5, 0.6) is 0 Å². The third kappa shape index (κ3) is 3.85. The molecule has 0 saturated heterocycles. The summed E-state index contributed by atoms with van der Waals surface area (Å²) < 4.78 is 0. The van der Waals surface area contributed by atoms with Gasteiger partial charge in [0.1, 0.15) is 6.10 Å². The molecule has 5 nitrogen and oxygen atoms in total. The van der Waals surface area contributed by atoms with Gasteiger partial charge in [0.05, 0.1) is 16.8 Å². The van der Waals surface area contributed by atoms with E-state index in [0.29, 0.717) is 16.8 Å². The summed E-state index contributed by atoms with van der Waals surface area (Å²) in [5, 5.41) is 33.3. The van der Waals surface area contributed by atoms with Gasteiger partial charge in [-0.05, 0) is 17.2 Å². The minimum absolute atomic E-state index is 0.0683. The number of alkyl halides is 2. The Morgan fingerprint density at radius 1 is 0.931 bits per heavy atom. The Bertz CT molecular complexity index is 986. The van der Waals surface area contributed by atoms with E-state index in [0.717, 1.165) is 11.1 Å². The van der Waals surface area contributed by atoms with Crippen LogP contribution in [0.2, 0.25) is 0 Å². The number of halogens is 2. The third-order valence-corrected chi connectivity index (χ3v) is 6.35. The normalized spacial score (nSPS) is 21.1. The van der Waals surface area contributed by atoms with Crippen LogP contribution in [0.4, 0.5) is 11.4 Å². The predicted molar refractivity (Wildman–Crippen MR) is 114 cm³/mol. The van der Waals surface area contributed by atoms with Gasteiger partial charge in [0.15, 0.2) is 5.69 Å². The van der Waals surface area contributed by atoms with Crippen molar-refractivity contribution in [3.8, 4) is 0 Å². The third-order valence-electron chi connectivity index (χ3n) is 5.23. The van der Waals surface area contributed by atoms with Gasteiger partial charge in [0.25, 0.3) is 0 Å². The van der Waals surface area contributed by atoms with E-state index in [1.54, 1.807) is 6.07 Å². The van der Waals surface area contributed by atoms with Gasteiger partial charge in [-0.3, -0.25) is 0 Å². The number of benzene rings is 3. The topological polar surface area (TPSA) is 80.0 Å². The number of fused-ring (bicyclic) bond motifs is 1. The van der Waals surface area contributed by atoms with Crippen molar-refractivity contribution in [2.75, 3.05) is 5.32 Å². The molecular formula is C22H20Cl2N2O3. The fraction of sp³-hybridized carbons (Fsp3) is 0.182. The van der Waals surface area contributed by atoms with Gasteiger partial charge in [-0.1, -0.05) is 60.7 Å². The van der Waals surface area contributed by atoms with Crippen LogP contribution < -0.4 is 10.5 Å². The lowest BCUT2D eigenvalue weighted by molar-refractivity contribution is -0.991. The van der Waals surface area contributed by atoms with Gasteiger partial charge in [-0.15, -0.1) is 23.2 Å². The first-order valence-corrected chi connectivity index (χ1v) is 10.1. The molecule has 0 radical (unpaired) electrons. The molecule has 150 valence electrons. The van der Waals surface area contributed by atoms with Crippen molar-refractivity contribution >= 4 is 34.6 Å². The summed E-state index contributed by atoms with van der Waals surface area (Å²) in [6.45, 7) is 0. The maximum Gasteiger partial charge on any atom is 0.170 e. The minimum atomic E-state index is -1.09. The molecular weight excluding hydrogens is 411 g/mol. The first-order chi connectivity index (χ1) is 14.0. The zero-order valence-electron chi connectivity index (χ0n) is 15.3. The number of aliphatic hydroxyl groups is 1. The van der Waals surface area contributed by atoms with Crippen LogP contribution in [0, 0.1) is 5.21 Å². The standard InChI is InChI=1S/C22H20Cl2N2O3/c23-19(13-7-3-1-4-8-13)20(24)16-11-15-17(12-18(16)26(28)29)25-21(22(15)27)14-9-5-2-6-10-14/h1-12,19-22,25-28H/t19-,20+,21-,22+/m1/s1. The quantitative estimate of drug-likeness (QED) is 0.353. The molecule has 4 rings (SSSR count). The van der Waals surface area contributed by atoms with Crippen molar-refractivity contribution in [3.63, 3.8) is 0 Å². The average molecular weight is 431 g/mol. The lowest BCUT2D eigenvalue weighted by atomic mass is 9.95. The van der Waals surface area contributed by atoms with Crippen LogP contribution in [0.1, 0.15) is 45.2 Å². The molecule has 3 aromatic rings. The van der Waals surface area contributed by atoms with Gasteiger partial charge < -0.3 is 15.6 Å². The van der Waals surface area contributed by atoms with Crippen molar-refractivity contribution in [1.82, 2.24) is 0 Å². The Morgan fingerprint density at radius 3 is 2.17 bits per heavy atom. The minimum Gasteiger partial charge on any atom is -0.595 e. The lowest BCUT2D eigenvalue weighted by Crippen LogP contribution is -2.99. The molecule has 0 fully saturated rings. The van der Waals surface area contributed by atoms with E-state index < -0.39 is 22.1 Å². The molecule has 5 atom stereocenters. The van der Waals surface area contributed by atoms with Gasteiger partial charge >= 0.3 is 0 Å². The van der Waals surface area contributed by atoms with Crippen LogP contribution >= 0.6 is 23.2 Å². The molecule has 0 aliphatic carbocycles. The zero-order valence-corrected chi connectivity index (χ0v) is 16.8. The smallest absolute Gasteiger partial charge is 0.170 e. The summed E-state index contributed by atoms with van der Waals surface area (Å²) in [5.41, 5.74) is 3.36. The van der Waals surface area contributed by atoms with Crippen LogP contribution in [0.3, 0.4) is 0 Å². The predicted octanol–water partition coefficient (Wildman–Crippen LogP) is 4.55. The van der Waals surface area contributed by atoms with Crippen molar-refractivity contribution in [3.05, 3.63) is 100 Å². The fourth-order valence-electron chi connectivity index (χ4n) is 3.73. The van der Waals surface area contributed by atoms with Crippen molar-refractivity contribution in [2.24, 2.45) is 0 Å². The van der Waals surface area contributed by atoms with E-state index in [1.807, 2.05) is 60.7 Å². The van der Waals surface area contributed by atoms with Crippen molar-refractivity contribution < 1.29 is 15.5 Å². The number of hydrogen-bond acceptors (Lipinski definition) is 4. The van der Waals surface area contributed by atoms with Gasteiger partial charge in [0, 0.05) is 22.9 Å². The van der Waals surface area contributed by atoms with Crippen molar-refractivity contribution in [2.45, 2.75) is 22.9 Å². The van der Waals surface area contributed by atoms with Gasteiger partial charge in [-0.25, -0.2) is 5.21 Å². The number of nitrogens with one attached hydrogen (secondary N) is 2. The molecule has 0 spiro atoms. The van der Waals surface area contributed by atoms with Crippen LogP contribution in [-0.2, 0) is 0 Å².